The molecule has 1 N–H and O–H groups in total. The number of para-hydroxylation sites is 1. The van der Waals surface area contributed by atoms with Crippen LogP contribution in [0.5, 0.6) is 5.75 Å². The molecule has 0 unspecified atom stereocenters. The molecular formula is C21H26N2O3. The Kier molecular flexibility index (Phi) is 5.78. The minimum atomic E-state index is -1.13. The van der Waals surface area contributed by atoms with E-state index in [1.807, 2.05) is 12.1 Å². The van der Waals surface area contributed by atoms with Crippen molar-refractivity contribution in [2.24, 2.45) is 0 Å². The second-order valence-corrected chi connectivity index (χ2v) is 6.63. The Morgan fingerprint density at radius 3 is 2.46 bits per heavy atom. The minimum absolute atomic E-state index is 0.234. The molecule has 0 bridgehead atoms. The van der Waals surface area contributed by atoms with Crippen molar-refractivity contribution in [3.8, 4) is 5.75 Å². The summed E-state index contributed by atoms with van der Waals surface area (Å²) in [5, 5.41) is 10.5. The van der Waals surface area contributed by atoms with Gasteiger partial charge >= 0.3 is 0 Å². The summed E-state index contributed by atoms with van der Waals surface area (Å²) < 4.78 is 5.12. The van der Waals surface area contributed by atoms with E-state index < -0.39 is 6.10 Å². The van der Waals surface area contributed by atoms with Crippen molar-refractivity contribution in [3.63, 3.8) is 0 Å². The summed E-state index contributed by atoms with van der Waals surface area (Å²) in [7, 11) is 1.59. The van der Waals surface area contributed by atoms with Crippen LogP contribution in [0.1, 0.15) is 23.7 Å². The van der Waals surface area contributed by atoms with E-state index in [0.29, 0.717) is 24.4 Å². The fourth-order valence-corrected chi connectivity index (χ4v) is 3.40. The number of anilines is 1. The van der Waals surface area contributed by atoms with Crippen molar-refractivity contribution in [2.45, 2.75) is 19.4 Å². The number of rotatable bonds is 4. The molecule has 5 heteroatoms. The Balaban J connectivity index is 1.66. The molecule has 0 saturated carbocycles. The number of nitrogens with zero attached hydrogens (tertiary/aromatic N) is 2. The molecule has 1 fully saturated rings. The average molecular weight is 354 g/mol. The van der Waals surface area contributed by atoms with Crippen molar-refractivity contribution in [2.75, 3.05) is 38.2 Å². The number of carbonyl (C=O) groups excluding carboxylic acids is 1. The van der Waals surface area contributed by atoms with E-state index in [9.17, 15) is 9.90 Å². The molecule has 3 rings (SSSR count). The number of aryl methyl sites for hydroxylation is 1. The SMILES string of the molecule is COc1ccc([C@@H](O)C(=O)N2CCCN(c3ccccc3C)CC2)cc1. The van der Waals surface area contributed by atoms with Gasteiger partial charge in [0, 0.05) is 31.9 Å². The first-order chi connectivity index (χ1) is 12.6. The first-order valence-corrected chi connectivity index (χ1v) is 9.01. The van der Waals surface area contributed by atoms with Gasteiger partial charge in [0.1, 0.15) is 5.75 Å². The van der Waals surface area contributed by atoms with Crippen LogP contribution in [0.4, 0.5) is 5.69 Å². The van der Waals surface area contributed by atoms with Crippen LogP contribution < -0.4 is 9.64 Å². The number of aliphatic hydroxyl groups excluding tert-OH is 1. The molecule has 5 nitrogen and oxygen atoms in total. The number of methoxy groups -OCH3 is 1. The lowest BCUT2D eigenvalue weighted by Crippen LogP contribution is -2.38. The van der Waals surface area contributed by atoms with Crippen LogP contribution in [0.2, 0.25) is 0 Å². The van der Waals surface area contributed by atoms with E-state index in [1.165, 1.54) is 11.3 Å². The molecular weight excluding hydrogens is 328 g/mol. The standard InChI is InChI=1S/C21H26N2O3/c1-16-6-3-4-7-19(16)22-12-5-13-23(15-14-22)21(25)20(24)17-8-10-18(26-2)11-9-17/h3-4,6-11,20,24H,5,12-15H2,1-2H3/t20-/m1/s1. The lowest BCUT2D eigenvalue weighted by atomic mass is 10.1. The Hall–Kier alpha value is -2.53. The van der Waals surface area contributed by atoms with Gasteiger partial charge < -0.3 is 19.6 Å². The summed E-state index contributed by atoms with van der Waals surface area (Å²) in [6, 6.07) is 15.3. The van der Waals surface area contributed by atoms with Crippen LogP contribution in [-0.2, 0) is 4.79 Å². The zero-order chi connectivity index (χ0) is 18.5. The van der Waals surface area contributed by atoms with Crippen LogP contribution in [0.25, 0.3) is 0 Å². The van der Waals surface area contributed by atoms with E-state index in [2.05, 4.69) is 24.0 Å². The van der Waals surface area contributed by atoms with Gasteiger partial charge in [0.15, 0.2) is 6.10 Å². The second kappa shape index (κ2) is 8.23. The highest BCUT2D eigenvalue weighted by Gasteiger charge is 2.26. The van der Waals surface area contributed by atoms with Gasteiger partial charge in [0.25, 0.3) is 5.91 Å². The summed E-state index contributed by atoms with van der Waals surface area (Å²) in [4.78, 5) is 16.8. The fraction of sp³-hybridized carbons (Fsp3) is 0.381. The van der Waals surface area contributed by atoms with Gasteiger partial charge in [0.05, 0.1) is 7.11 Å². The number of carbonyl (C=O) groups is 1. The van der Waals surface area contributed by atoms with Crippen LogP contribution in [-0.4, -0.2) is 49.2 Å². The molecule has 0 radical (unpaired) electrons. The molecule has 1 saturated heterocycles. The number of amides is 1. The predicted octanol–water partition coefficient (Wildman–Crippen LogP) is 2.78. The number of hydrogen-bond donors (Lipinski definition) is 1. The number of aliphatic hydroxyl groups is 1. The van der Waals surface area contributed by atoms with Gasteiger partial charge in [-0.05, 0) is 42.7 Å². The van der Waals surface area contributed by atoms with E-state index in [1.54, 1.807) is 36.3 Å². The van der Waals surface area contributed by atoms with Crippen LogP contribution in [0.3, 0.4) is 0 Å². The van der Waals surface area contributed by atoms with E-state index >= 15 is 0 Å². The van der Waals surface area contributed by atoms with Crippen molar-refractivity contribution >= 4 is 11.6 Å². The summed E-state index contributed by atoms with van der Waals surface area (Å²) in [6.45, 7) is 5.06. The van der Waals surface area contributed by atoms with Gasteiger partial charge in [-0.25, -0.2) is 0 Å². The first kappa shape index (κ1) is 18.3. The van der Waals surface area contributed by atoms with E-state index in [0.717, 1.165) is 19.5 Å². The van der Waals surface area contributed by atoms with Gasteiger partial charge in [0.2, 0.25) is 0 Å². The Bertz CT molecular complexity index is 745. The highest BCUT2D eigenvalue weighted by atomic mass is 16.5. The minimum Gasteiger partial charge on any atom is -0.497 e. The monoisotopic (exact) mass is 354 g/mol. The number of hydrogen-bond acceptors (Lipinski definition) is 4. The van der Waals surface area contributed by atoms with Crippen molar-refractivity contribution in [1.29, 1.82) is 0 Å². The molecule has 0 spiro atoms. The van der Waals surface area contributed by atoms with Crippen LogP contribution >= 0.6 is 0 Å². The zero-order valence-electron chi connectivity index (χ0n) is 15.4. The van der Waals surface area contributed by atoms with Crippen LogP contribution in [0, 0.1) is 6.92 Å². The fourth-order valence-electron chi connectivity index (χ4n) is 3.40. The van der Waals surface area contributed by atoms with E-state index in [4.69, 9.17) is 4.74 Å². The molecule has 2 aromatic carbocycles. The summed E-state index contributed by atoms with van der Waals surface area (Å²) >= 11 is 0. The highest BCUT2D eigenvalue weighted by molar-refractivity contribution is 5.82. The molecule has 0 aromatic heterocycles. The van der Waals surface area contributed by atoms with Gasteiger partial charge in [-0.3, -0.25) is 4.79 Å². The molecule has 0 aliphatic carbocycles. The quantitative estimate of drug-likeness (QED) is 0.917. The molecule has 1 aliphatic heterocycles. The maximum absolute atomic E-state index is 12.7. The Labute approximate surface area is 154 Å². The smallest absolute Gasteiger partial charge is 0.256 e. The largest absolute Gasteiger partial charge is 0.497 e. The van der Waals surface area contributed by atoms with E-state index in [-0.39, 0.29) is 5.91 Å². The van der Waals surface area contributed by atoms with Gasteiger partial charge in [-0.15, -0.1) is 0 Å². The summed E-state index contributed by atoms with van der Waals surface area (Å²) in [6.07, 6.45) is -0.249. The normalized spacial score (nSPS) is 16.1. The van der Waals surface area contributed by atoms with Gasteiger partial charge in [-0.1, -0.05) is 30.3 Å². The van der Waals surface area contributed by atoms with Crippen LogP contribution in [0.15, 0.2) is 48.5 Å². The first-order valence-electron chi connectivity index (χ1n) is 9.01. The summed E-state index contributed by atoms with van der Waals surface area (Å²) in [5.74, 6) is 0.471. The topological polar surface area (TPSA) is 53.0 Å². The average Bonchev–Trinajstić information content (AvgIpc) is 2.93. The molecule has 2 aromatic rings. The maximum Gasteiger partial charge on any atom is 0.256 e. The predicted molar refractivity (Wildman–Crippen MR) is 103 cm³/mol. The third-order valence-electron chi connectivity index (χ3n) is 4.93. The molecule has 1 heterocycles. The third kappa shape index (κ3) is 3.99. The Morgan fingerprint density at radius 2 is 1.77 bits per heavy atom. The lowest BCUT2D eigenvalue weighted by molar-refractivity contribution is -0.140. The van der Waals surface area contributed by atoms with Crippen molar-refractivity contribution < 1.29 is 14.6 Å². The summed E-state index contributed by atoms with van der Waals surface area (Å²) in [5.41, 5.74) is 3.05. The highest BCUT2D eigenvalue weighted by Crippen LogP contribution is 2.23. The van der Waals surface area contributed by atoms with Gasteiger partial charge in [-0.2, -0.15) is 0 Å². The second-order valence-electron chi connectivity index (χ2n) is 6.63. The number of ether oxygens (including phenoxy) is 1. The molecule has 26 heavy (non-hydrogen) atoms. The molecule has 1 aliphatic rings. The lowest BCUT2D eigenvalue weighted by Gasteiger charge is -2.26. The zero-order valence-corrected chi connectivity index (χ0v) is 15.4. The van der Waals surface area contributed by atoms with Crippen molar-refractivity contribution in [1.82, 2.24) is 4.90 Å². The third-order valence-corrected chi connectivity index (χ3v) is 4.93. The van der Waals surface area contributed by atoms with Crippen molar-refractivity contribution in [3.05, 3.63) is 59.7 Å². The maximum atomic E-state index is 12.7. The molecule has 1 atom stereocenters. The Morgan fingerprint density at radius 1 is 1.04 bits per heavy atom. The molecule has 138 valence electrons. The number of benzene rings is 2. The molecule has 1 amide bonds.